The van der Waals surface area contributed by atoms with E-state index in [4.69, 9.17) is 16.7 Å². The Labute approximate surface area is 210 Å². The van der Waals surface area contributed by atoms with E-state index in [1.165, 1.54) is 18.2 Å². The molecule has 3 rings (SSSR count). The zero-order chi connectivity index (χ0) is 23.8. The van der Waals surface area contributed by atoms with Crippen LogP contribution in [0, 0.1) is 0 Å². The van der Waals surface area contributed by atoms with E-state index in [9.17, 15) is 18.3 Å². The van der Waals surface area contributed by atoms with Gasteiger partial charge in [-0.2, -0.15) is 0 Å². The van der Waals surface area contributed by atoms with Crippen molar-refractivity contribution in [3.63, 3.8) is 0 Å². The summed E-state index contributed by atoms with van der Waals surface area (Å²) < 4.78 is 25.9. The second kappa shape index (κ2) is 12.7. The first-order chi connectivity index (χ1) is 15.8. The highest BCUT2D eigenvalue weighted by Crippen LogP contribution is 2.23. The van der Waals surface area contributed by atoms with Crippen LogP contribution in [0.5, 0.6) is 0 Å². The third kappa shape index (κ3) is 7.68. The van der Waals surface area contributed by atoms with Gasteiger partial charge >= 0.3 is 5.97 Å². The Hall–Kier alpha value is -2.68. The Morgan fingerprint density at radius 3 is 2.38 bits per heavy atom. The number of hydrogen-bond donors (Lipinski definition) is 3. The molecule has 0 aliphatic heterocycles. The largest absolute Gasteiger partial charge is 0.478 e. The summed E-state index contributed by atoms with van der Waals surface area (Å²) in [5, 5.41) is 22.7. The maximum absolute atomic E-state index is 12.9. The maximum Gasteiger partial charge on any atom is 0.328 e. The van der Waals surface area contributed by atoms with E-state index in [0.29, 0.717) is 30.1 Å². The topological polar surface area (TPSA) is 104 Å². The van der Waals surface area contributed by atoms with Crippen LogP contribution in [0.3, 0.4) is 0 Å². The smallest absolute Gasteiger partial charge is 0.328 e. The standard InChI is InChI=1S/C25H24ClNO5S.ClH/c26-21-5-2-4-20(16-21)24(28)17-27-14-13-18-7-10-22(11-8-18)33(31,32)23-6-1-3-19(15-23)9-12-25(29)30;/h1-12,15-16,24,27-28H,13-14,17H2,(H,29,30);1H/b12-9+;/t24-;/m1./s1. The van der Waals surface area contributed by atoms with Gasteiger partial charge in [-0.05, 0) is 72.1 Å². The van der Waals surface area contributed by atoms with Crippen molar-refractivity contribution in [1.29, 1.82) is 0 Å². The fourth-order valence-electron chi connectivity index (χ4n) is 3.23. The van der Waals surface area contributed by atoms with Gasteiger partial charge in [-0.15, -0.1) is 12.4 Å². The molecule has 0 bridgehead atoms. The number of benzene rings is 3. The van der Waals surface area contributed by atoms with Gasteiger partial charge in [-0.25, -0.2) is 13.2 Å². The highest BCUT2D eigenvalue weighted by molar-refractivity contribution is 7.91. The number of sulfone groups is 1. The molecule has 3 aromatic carbocycles. The average molecular weight is 522 g/mol. The van der Waals surface area contributed by atoms with Crippen molar-refractivity contribution in [3.05, 3.63) is 101 Å². The van der Waals surface area contributed by atoms with Gasteiger partial charge in [0.05, 0.1) is 15.9 Å². The molecule has 0 aliphatic rings. The number of aliphatic hydroxyl groups is 1. The van der Waals surface area contributed by atoms with Crippen LogP contribution >= 0.6 is 24.0 Å². The van der Waals surface area contributed by atoms with Crippen LogP contribution in [-0.2, 0) is 21.1 Å². The summed E-state index contributed by atoms with van der Waals surface area (Å²) in [4.78, 5) is 10.9. The molecule has 3 N–H and O–H groups in total. The minimum Gasteiger partial charge on any atom is -0.478 e. The van der Waals surface area contributed by atoms with Gasteiger partial charge in [0.25, 0.3) is 0 Å². The van der Waals surface area contributed by atoms with Crippen LogP contribution in [-0.4, -0.2) is 37.7 Å². The molecular weight excluding hydrogens is 497 g/mol. The molecule has 1 atom stereocenters. The monoisotopic (exact) mass is 521 g/mol. The molecule has 9 heteroatoms. The number of carboxylic acids is 1. The molecule has 0 aromatic heterocycles. The van der Waals surface area contributed by atoms with Gasteiger partial charge in [0.15, 0.2) is 0 Å². The maximum atomic E-state index is 12.9. The van der Waals surface area contributed by atoms with Crippen molar-refractivity contribution >= 4 is 45.9 Å². The second-order valence-electron chi connectivity index (χ2n) is 7.42. The predicted octanol–water partition coefficient (Wildman–Crippen LogP) is 4.56. The van der Waals surface area contributed by atoms with E-state index in [1.807, 2.05) is 6.07 Å². The fraction of sp³-hybridized carbons (Fsp3) is 0.160. The van der Waals surface area contributed by atoms with E-state index >= 15 is 0 Å². The Balaban J connectivity index is 0.00000408. The lowest BCUT2D eigenvalue weighted by Gasteiger charge is -2.13. The van der Waals surface area contributed by atoms with E-state index in [0.717, 1.165) is 17.2 Å². The minimum atomic E-state index is -3.73. The van der Waals surface area contributed by atoms with Crippen LogP contribution in [0.15, 0.2) is 88.7 Å². The lowest BCUT2D eigenvalue weighted by molar-refractivity contribution is -0.131. The van der Waals surface area contributed by atoms with E-state index in [1.54, 1.807) is 54.6 Å². The zero-order valence-electron chi connectivity index (χ0n) is 18.1. The first-order valence-corrected chi connectivity index (χ1v) is 12.1. The molecule has 3 aromatic rings. The second-order valence-corrected chi connectivity index (χ2v) is 9.80. The Morgan fingerprint density at radius 1 is 1.00 bits per heavy atom. The van der Waals surface area contributed by atoms with Gasteiger partial charge in [0.1, 0.15) is 0 Å². The lowest BCUT2D eigenvalue weighted by Crippen LogP contribution is -2.23. The summed E-state index contributed by atoms with van der Waals surface area (Å²) in [5.41, 5.74) is 2.19. The molecule has 0 saturated heterocycles. The Morgan fingerprint density at radius 2 is 1.71 bits per heavy atom. The van der Waals surface area contributed by atoms with Crippen molar-refractivity contribution in [2.75, 3.05) is 13.1 Å². The highest BCUT2D eigenvalue weighted by Gasteiger charge is 2.17. The summed E-state index contributed by atoms with van der Waals surface area (Å²) in [7, 11) is -3.73. The summed E-state index contributed by atoms with van der Waals surface area (Å²) in [6.45, 7) is 0.987. The van der Waals surface area contributed by atoms with E-state index in [-0.39, 0.29) is 22.2 Å². The number of carboxylic acid groups (broad SMARTS) is 1. The van der Waals surface area contributed by atoms with Gasteiger partial charge < -0.3 is 15.5 Å². The van der Waals surface area contributed by atoms with Gasteiger partial charge in [-0.3, -0.25) is 0 Å². The molecule has 0 fully saturated rings. The van der Waals surface area contributed by atoms with Crippen LogP contribution < -0.4 is 5.32 Å². The minimum absolute atomic E-state index is 0. The number of nitrogens with one attached hydrogen (secondary N) is 1. The van der Waals surface area contributed by atoms with Crippen molar-refractivity contribution in [2.24, 2.45) is 0 Å². The van der Waals surface area contributed by atoms with Crippen molar-refractivity contribution in [3.8, 4) is 0 Å². The molecule has 34 heavy (non-hydrogen) atoms. The first-order valence-electron chi connectivity index (χ1n) is 10.2. The molecule has 0 amide bonds. The normalized spacial score (nSPS) is 12.3. The van der Waals surface area contributed by atoms with Crippen molar-refractivity contribution in [1.82, 2.24) is 5.32 Å². The Kier molecular flexibility index (Phi) is 10.3. The number of hydrogen-bond acceptors (Lipinski definition) is 5. The molecule has 0 aliphatic carbocycles. The van der Waals surface area contributed by atoms with Crippen LogP contribution in [0.25, 0.3) is 6.08 Å². The SMILES string of the molecule is Cl.O=C(O)/C=C/c1cccc(S(=O)(=O)c2ccc(CCNC[C@@H](O)c3cccc(Cl)c3)cc2)c1. The van der Waals surface area contributed by atoms with Crippen molar-refractivity contribution in [2.45, 2.75) is 22.3 Å². The predicted molar refractivity (Wildman–Crippen MR) is 135 cm³/mol. The number of carbonyl (C=O) groups is 1. The lowest BCUT2D eigenvalue weighted by atomic mass is 10.1. The van der Waals surface area contributed by atoms with Crippen LogP contribution in [0.4, 0.5) is 0 Å². The van der Waals surface area contributed by atoms with Gasteiger partial charge in [0.2, 0.25) is 9.84 Å². The summed E-state index contributed by atoms with van der Waals surface area (Å²) in [5.74, 6) is -1.10. The van der Waals surface area contributed by atoms with Crippen molar-refractivity contribution < 1.29 is 23.4 Å². The molecule has 0 radical (unpaired) electrons. The molecular formula is C25H25Cl2NO5S. The molecule has 6 nitrogen and oxygen atoms in total. The molecule has 0 unspecified atom stereocenters. The fourth-order valence-corrected chi connectivity index (χ4v) is 4.74. The number of rotatable bonds is 10. The summed E-state index contributed by atoms with van der Waals surface area (Å²) >= 11 is 5.95. The third-order valence-corrected chi connectivity index (χ3v) is 6.98. The summed E-state index contributed by atoms with van der Waals surface area (Å²) in [6, 6.07) is 19.9. The zero-order valence-corrected chi connectivity index (χ0v) is 20.5. The van der Waals surface area contributed by atoms with Crippen LogP contribution in [0.2, 0.25) is 5.02 Å². The van der Waals surface area contributed by atoms with Crippen LogP contribution in [0.1, 0.15) is 22.8 Å². The van der Waals surface area contributed by atoms with Gasteiger partial charge in [-0.1, -0.05) is 48.0 Å². The number of halogens is 2. The molecule has 0 saturated carbocycles. The molecule has 0 heterocycles. The molecule has 180 valence electrons. The third-order valence-electron chi connectivity index (χ3n) is 4.98. The first kappa shape index (κ1) is 27.6. The Bertz CT molecular complexity index is 1240. The van der Waals surface area contributed by atoms with E-state index in [2.05, 4.69) is 5.32 Å². The number of aliphatic carboxylic acids is 1. The van der Waals surface area contributed by atoms with Gasteiger partial charge in [0, 0.05) is 17.6 Å². The number of aliphatic hydroxyl groups excluding tert-OH is 1. The summed E-state index contributed by atoms with van der Waals surface area (Å²) in [6.07, 6.45) is 2.30. The quantitative estimate of drug-likeness (QED) is 0.267. The average Bonchev–Trinajstić information content (AvgIpc) is 2.81. The highest BCUT2D eigenvalue weighted by atomic mass is 35.5. The van der Waals surface area contributed by atoms with E-state index < -0.39 is 21.9 Å². The molecule has 0 spiro atoms.